The Labute approximate surface area is 126 Å². The van der Waals surface area contributed by atoms with Crippen molar-refractivity contribution in [2.24, 2.45) is 11.8 Å². The van der Waals surface area contributed by atoms with E-state index >= 15 is 0 Å². The summed E-state index contributed by atoms with van der Waals surface area (Å²) in [4.78, 5) is 0. The molecule has 0 aromatic rings. The molecule has 0 nitrogen and oxygen atoms in total. The van der Waals surface area contributed by atoms with Crippen molar-refractivity contribution in [2.75, 3.05) is 0 Å². The molecule has 0 saturated carbocycles. The molecule has 0 bridgehead atoms. The van der Waals surface area contributed by atoms with Crippen LogP contribution < -0.4 is 0 Å². The lowest BCUT2D eigenvalue weighted by Gasteiger charge is -2.05. The molecule has 2 aliphatic rings. The number of hydrogen-bond acceptors (Lipinski definition) is 0. The zero-order valence-electron chi connectivity index (χ0n) is 15.2. The Morgan fingerprint density at radius 2 is 0.550 bits per heavy atom. The van der Waals surface area contributed by atoms with Crippen molar-refractivity contribution in [1.82, 2.24) is 0 Å². The van der Waals surface area contributed by atoms with Gasteiger partial charge in [-0.3, -0.25) is 0 Å². The fourth-order valence-corrected chi connectivity index (χ4v) is 3.13. The fourth-order valence-electron chi connectivity index (χ4n) is 3.13. The topological polar surface area (TPSA) is 0 Å². The predicted octanol–water partition coefficient (Wildman–Crippen LogP) is 6.62. The molecule has 0 amide bonds. The fraction of sp³-hybridized carbons (Fsp3) is 0.600. The summed E-state index contributed by atoms with van der Waals surface area (Å²) in [6.45, 7) is 22.4. The van der Waals surface area contributed by atoms with Gasteiger partial charge in [0.05, 0.1) is 0 Å². The van der Waals surface area contributed by atoms with Crippen LogP contribution in [0.5, 0.6) is 0 Å². The van der Waals surface area contributed by atoms with Crippen molar-refractivity contribution < 1.29 is 0 Å². The second-order valence-corrected chi connectivity index (χ2v) is 6.68. The monoisotopic (exact) mass is 272 g/mol. The van der Waals surface area contributed by atoms with Gasteiger partial charge in [-0.05, 0) is 89.5 Å². The summed E-state index contributed by atoms with van der Waals surface area (Å²) in [5, 5.41) is 0. The standard InChI is InChI=1S/2C10H16/c2*1-6-7(2)9(4)10(5)8(6)3/h2*6H,1-5H3. The highest BCUT2D eigenvalue weighted by Gasteiger charge is 2.19. The van der Waals surface area contributed by atoms with Gasteiger partial charge in [0.15, 0.2) is 0 Å². The molecule has 2 rings (SSSR count). The Kier molecular flexibility index (Phi) is 5.24. The van der Waals surface area contributed by atoms with Gasteiger partial charge in [-0.25, -0.2) is 0 Å². The predicted molar refractivity (Wildman–Crippen MR) is 91.8 cm³/mol. The Balaban J connectivity index is 0.000000200. The van der Waals surface area contributed by atoms with Gasteiger partial charge < -0.3 is 0 Å². The van der Waals surface area contributed by atoms with Crippen LogP contribution in [0, 0.1) is 11.8 Å². The van der Waals surface area contributed by atoms with Crippen LogP contribution in [0.4, 0.5) is 0 Å². The summed E-state index contributed by atoms with van der Waals surface area (Å²) >= 11 is 0. The van der Waals surface area contributed by atoms with Gasteiger partial charge in [-0.1, -0.05) is 36.1 Å². The molecule has 0 saturated heterocycles. The smallest absolute Gasteiger partial charge is 0.00153 e. The Morgan fingerprint density at radius 1 is 0.400 bits per heavy atom. The van der Waals surface area contributed by atoms with Crippen molar-refractivity contribution in [3.63, 3.8) is 0 Å². The Morgan fingerprint density at radius 3 is 0.600 bits per heavy atom. The number of allylic oxidation sites excluding steroid dienone is 8. The van der Waals surface area contributed by atoms with E-state index in [1.807, 2.05) is 0 Å². The van der Waals surface area contributed by atoms with Gasteiger partial charge in [0, 0.05) is 0 Å². The maximum atomic E-state index is 2.28. The molecule has 0 aromatic heterocycles. The second kappa shape index (κ2) is 6.16. The summed E-state index contributed by atoms with van der Waals surface area (Å²) < 4.78 is 0. The average Bonchev–Trinajstić information content (AvgIpc) is 2.71. The second-order valence-electron chi connectivity index (χ2n) is 6.68. The normalized spacial score (nSPS) is 21.3. The van der Waals surface area contributed by atoms with Crippen molar-refractivity contribution in [3.8, 4) is 0 Å². The van der Waals surface area contributed by atoms with E-state index in [1.54, 1.807) is 22.3 Å². The first-order valence-electron chi connectivity index (χ1n) is 7.81. The number of hydrogen-bond donors (Lipinski definition) is 0. The van der Waals surface area contributed by atoms with Crippen molar-refractivity contribution >= 4 is 0 Å². The van der Waals surface area contributed by atoms with Crippen LogP contribution in [-0.2, 0) is 0 Å². The van der Waals surface area contributed by atoms with E-state index in [1.165, 1.54) is 22.3 Å². The van der Waals surface area contributed by atoms with Crippen LogP contribution in [0.15, 0.2) is 44.6 Å². The van der Waals surface area contributed by atoms with E-state index in [2.05, 4.69) is 69.2 Å². The lowest BCUT2D eigenvalue weighted by atomic mass is 10.00. The summed E-state index contributed by atoms with van der Waals surface area (Å²) in [5.41, 5.74) is 12.2. The van der Waals surface area contributed by atoms with E-state index in [9.17, 15) is 0 Å². The molecule has 2 aliphatic carbocycles. The van der Waals surface area contributed by atoms with Crippen LogP contribution in [-0.4, -0.2) is 0 Å². The third-order valence-corrected chi connectivity index (χ3v) is 6.09. The molecular weight excluding hydrogens is 240 g/mol. The molecule has 0 N–H and O–H groups in total. The van der Waals surface area contributed by atoms with Gasteiger partial charge >= 0.3 is 0 Å². The molecule has 0 heteroatoms. The van der Waals surface area contributed by atoms with Crippen LogP contribution in [0.2, 0.25) is 0 Å². The van der Waals surface area contributed by atoms with E-state index in [0.717, 1.165) is 0 Å². The molecule has 0 aromatic carbocycles. The van der Waals surface area contributed by atoms with E-state index < -0.39 is 0 Å². The maximum absolute atomic E-state index is 2.28. The first-order chi connectivity index (χ1) is 9.11. The molecule has 0 aliphatic heterocycles. The quantitative estimate of drug-likeness (QED) is 0.465. The Bertz CT molecular complexity index is 434. The van der Waals surface area contributed by atoms with E-state index in [0.29, 0.717) is 11.8 Å². The molecule has 0 spiro atoms. The first-order valence-corrected chi connectivity index (χ1v) is 7.81. The highest BCUT2D eigenvalue weighted by molar-refractivity contribution is 5.46. The summed E-state index contributed by atoms with van der Waals surface area (Å²) in [5.74, 6) is 1.39. The van der Waals surface area contributed by atoms with Crippen LogP contribution in [0.3, 0.4) is 0 Å². The zero-order valence-corrected chi connectivity index (χ0v) is 15.2. The van der Waals surface area contributed by atoms with Crippen LogP contribution in [0.25, 0.3) is 0 Å². The zero-order chi connectivity index (χ0) is 15.8. The minimum absolute atomic E-state index is 0.694. The number of rotatable bonds is 0. The third kappa shape index (κ3) is 2.85. The molecule has 0 atom stereocenters. The summed E-state index contributed by atoms with van der Waals surface area (Å²) in [7, 11) is 0. The highest BCUT2D eigenvalue weighted by Crippen LogP contribution is 2.36. The van der Waals surface area contributed by atoms with Gasteiger partial charge in [0.1, 0.15) is 0 Å². The van der Waals surface area contributed by atoms with Gasteiger partial charge in [-0.2, -0.15) is 0 Å². The third-order valence-electron chi connectivity index (χ3n) is 6.09. The van der Waals surface area contributed by atoms with Crippen molar-refractivity contribution in [2.45, 2.75) is 69.2 Å². The molecule has 0 radical (unpaired) electrons. The van der Waals surface area contributed by atoms with E-state index in [4.69, 9.17) is 0 Å². The lowest BCUT2D eigenvalue weighted by Crippen LogP contribution is -1.92. The molecule has 0 fully saturated rings. The van der Waals surface area contributed by atoms with Crippen molar-refractivity contribution in [1.29, 1.82) is 0 Å². The first kappa shape index (κ1) is 17.0. The highest BCUT2D eigenvalue weighted by atomic mass is 14.2. The SMILES string of the molecule is CC1=C(C)C(C)C(C)=C1C.CC1=C(C)C(C)C(C)=C1C. The molecule has 20 heavy (non-hydrogen) atoms. The largest absolute Gasteiger partial charge is 0.0632 e. The summed E-state index contributed by atoms with van der Waals surface area (Å²) in [6, 6.07) is 0. The maximum Gasteiger partial charge on any atom is -0.00153 e. The minimum Gasteiger partial charge on any atom is -0.0632 e. The molecule has 0 heterocycles. The van der Waals surface area contributed by atoms with Gasteiger partial charge in [0.25, 0.3) is 0 Å². The molecule has 112 valence electrons. The molecular formula is C20H32. The van der Waals surface area contributed by atoms with Crippen LogP contribution in [0.1, 0.15) is 69.2 Å². The van der Waals surface area contributed by atoms with Crippen molar-refractivity contribution in [3.05, 3.63) is 44.6 Å². The summed E-state index contributed by atoms with van der Waals surface area (Å²) in [6.07, 6.45) is 0. The van der Waals surface area contributed by atoms with E-state index in [-0.39, 0.29) is 0 Å². The van der Waals surface area contributed by atoms with Crippen LogP contribution >= 0.6 is 0 Å². The van der Waals surface area contributed by atoms with Gasteiger partial charge in [-0.15, -0.1) is 0 Å². The van der Waals surface area contributed by atoms with Gasteiger partial charge in [0.2, 0.25) is 0 Å². The lowest BCUT2D eigenvalue weighted by molar-refractivity contribution is 0.815. The average molecular weight is 272 g/mol. The minimum atomic E-state index is 0.694. The molecule has 0 unspecified atom stereocenters. The Hall–Kier alpha value is -1.04.